The standard InChI is InChI=1S/C15H25N3S/c1-6-15(7-2,8-3)18-12-9-10(4)17-11(5)13(12)14(16)19/h9H,6-8H2,1-5H3,(H2,16,19)(H,17,18). The van der Waals surface area contributed by atoms with Crippen LogP contribution in [-0.4, -0.2) is 15.5 Å². The van der Waals surface area contributed by atoms with Gasteiger partial charge in [-0.05, 0) is 39.2 Å². The summed E-state index contributed by atoms with van der Waals surface area (Å²) in [5.74, 6) is 0. The number of hydrogen-bond acceptors (Lipinski definition) is 3. The summed E-state index contributed by atoms with van der Waals surface area (Å²) < 4.78 is 0. The highest BCUT2D eigenvalue weighted by Crippen LogP contribution is 2.29. The Morgan fingerprint density at radius 1 is 1.26 bits per heavy atom. The number of pyridine rings is 1. The molecular weight excluding hydrogens is 254 g/mol. The smallest absolute Gasteiger partial charge is 0.107 e. The van der Waals surface area contributed by atoms with Gasteiger partial charge in [-0.2, -0.15) is 0 Å². The first-order valence-electron chi connectivity index (χ1n) is 6.95. The minimum atomic E-state index is 0.0970. The van der Waals surface area contributed by atoms with E-state index in [0.717, 1.165) is 41.9 Å². The largest absolute Gasteiger partial charge is 0.389 e. The average molecular weight is 279 g/mol. The van der Waals surface area contributed by atoms with Crippen molar-refractivity contribution in [3.63, 3.8) is 0 Å². The SMILES string of the molecule is CCC(CC)(CC)Nc1cc(C)nc(C)c1C(N)=S. The third-order valence-corrected chi connectivity index (χ3v) is 4.21. The summed E-state index contributed by atoms with van der Waals surface area (Å²) in [6.45, 7) is 10.6. The van der Waals surface area contributed by atoms with Gasteiger partial charge >= 0.3 is 0 Å². The van der Waals surface area contributed by atoms with Gasteiger partial charge in [0.05, 0.1) is 5.56 Å². The van der Waals surface area contributed by atoms with Crippen molar-refractivity contribution in [2.75, 3.05) is 5.32 Å². The second-order valence-electron chi connectivity index (χ2n) is 5.10. The third-order valence-electron chi connectivity index (χ3n) is 4.00. The number of nitrogens with one attached hydrogen (secondary N) is 1. The van der Waals surface area contributed by atoms with E-state index in [1.807, 2.05) is 19.9 Å². The second kappa shape index (κ2) is 6.33. The molecule has 0 aliphatic carbocycles. The van der Waals surface area contributed by atoms with E-state index in [1.54, 1.807) is 0 Å². The van der Waals surface area contributed by atoms with Gasteiger partial charge in [0, 0.05) is 22.6 Å². The third kappa shape index (κ3) is 3.44. The maximum absolute atomic E-state index is 5.86. The van der Waals surface area contributed by atoms with Crippen molar-refractivity contribution in [2.45, 2.75) is 59.4 Å². The lowest BCUT2D eigenvalue weighted by Crippen LogP contribution is -2.37. The van der Waals surface area contributed by atoms with E-state index in [1.165, 1.54) is 0 Å². The first-order chi connectivity index (χ1) is 8.89. The van der Waals surface area contributed by atoms with Crippen molar-refractivity contribution >= 4 is 22.9 Å². The first-order valence-corrected chi connectivity index (χ1v) is 7.36. The summed E-state index contributed by atoms with van der Waals surface area (Å²) >= 11 is 5.18. The van der Waals surface area contributed by atoms with Crippen LogP contribution in [0.3, 0.4) is 0 Å². The molecule has 106 valence electrons. The quantitative estimate of drug-likeness (QED) is 0.779. The summed E-state index contributed by atoms with van der Waals surface area (Å²) in [4.78, 5) is 4.86. The minimum absolute atomic E-state index is 0.0970. The zero-order chi connectivity index (χ0) is 14.6. The molecule has 0 aliphatic rings. The molecule has 0 bridgehead atoms. The fourth-order valence-corrected chi connectivity index (χ4v) is 2.80. The molecule has 3 nitrogen and oxygen atoms in total. The van der Waals surface area contributed by atoms with Crippen molar-refractivity contribution in [1.29, 1.82) is 0 Å². The molecular formula is C15H25N3S. The molecule has 3 N–H and O–H groups in total. The number of thiocarbonyl (C=S) groups is 1. The number of anilines is 1. The van der Waals surface area contributed by atoms with E-state index in [0.29, 0.717) is 4.99 Å². The van der Waals surface area contributed by atoms with Gasteiger partial charge in [-0.15, -0.1) is 0 Å². The summed E-state index contributed by atoms with van der Waals surface area (Å²) in [6.07, 6.45) is 3.20. The maximum atomic E-state index is 5.86. The lowest BCUT2D eigenvalue weighted by Gasteiger charge is -2.34. The number of nitrogens with two attached hydrogens (primary N) is 1. The zero-order valence-corrected chi connectivity index (χ0v) is 13.4. The van der Waals surface area contributed by atoms with Gasteiger partial charge in [0.1, 0.15) is 4.99 Å². The molecule has 1 aromatic rings. The van der Waals surface area contributed by atoms with Crippen LogP contribution in [0.5, 0.6) is 0 Å². The number of nitrogens with zero attached hydrogens (tertiary/aromatic N) is 1. The van der Waals surface area contributed by atoms with Crippen LogP contribution in [0.1, 0.15) is 57.0 Å². The Kier molecular flexibility index (Phi) is 5.29. The van der Waals surface area contributed by atoms with E-state index in [2.05, 4.69) is 31.1 Å². The average Bonchev–Trinajstić information content (AvgIpc) is 2.34. The Balaban J connectivity index is 3.30. The molecule has 1 aromatic heterocycles. The number of hydrogen-bond donors (Lipinski definition) is 2. The Labute approximate surface area is 122 Å². The van der Waals surface area contributed by atoms with E-state index in [4.69, 9.17) is 18.0 Å². The molecule has 0 saturated carbocycles. The molecule has 0 amide bonds. The number of rotatable bonds is 6. The van der Waals surface area contributed by atoms with Gasteiger partial charge in [-0.25, -0.2) is 0 Å². The molecule has 0 spiro atoms. The van der Waals surface area contributed by atoms with Gasteiger partial charge in [0.25, 0.3) is 0 Å². The Morgan fingerprint density at radius 3 is 2.21 bits per heavy atom. The van der Waals surface area contributed by atoms with Gasteiger partial charge in [0.2, 0.25) is 0 Å². The van der Waals surface area contributed by atoms with E-state index >= 15 is 0 Å². The fraction of sp³-hybridized carbons (Fsp3) is 0.600. The van der Waals surface area contributed by atoms with Crippen molar-refractivity contribution < 1.29 is 0 Å². The lowest BCUT2D eigenvalue weighted by atomic mass is 9.89. The molecule has 19 heavy (non-hydrogen) atoms. The normalized spacial score (nSPS) is 11.4. The number of aromatic nitrogens is 1. The van der Waals surface area contributed by atoms with Crippen LogP contribution in [0.4, 0.5) is 5.69 Å². The van der Waals surface area contributed by atoms with Crippen LogP contribution >= 0.6 is 12.2 Å². The first kappa shape index (κ1) is 15.9. The van der Waals surface area contributed by atoms with Crippen LogP contribution < -0.4 is 11.1 Å². The molecule has 0 fully saturated rings. The highest BCUT2D eigenvalue weighted by molar-refractivity contribution is 7.80. The van der Waals surface area contributed by atoms with Gasteiger partial charge in [-0.1, -0.05) is 33.0 Å². The van der Waals surface area contributed by atoms with Crippen LogP contribution in [0, 0.1) is 13.8 Å². The molecule has 0 aromatic carbocycles. The van der Waals surface area contributed by atoms with Gasteiger partial charge < -0.3 is 11.1 Å². The molecule has 0 radical (unpaired) electrons. The van der Waals surface area contributed by atoms with Crippen molar-refractivity contribution in [3.8, 4) is 0 Å². The molecule has 0 unspecified atom stereocenters. The van der Waals surface area contributed by atoms with Gasteiger partial charge in [-0.3, -0.25) is 4.98 Å². The van der Waals surface area contributed by atoms with E-state index in [9.17, 15) is 0 Å². The van der Waals surface area contributed by atoms with Crippen molar-refractivity contribution in [3.05, 3.63) is 23.0 Å². The Hall–Kier alpha value is -1.16. The molecule has 4 heteroatoms. The maximum Gasteiger partial charge on any atom is 0.107 e. The topological polar surface area (TPSA) is 50.9 Å². The Morgan fingerprint density at radius 2 is 1.79 bits per heavy atom. The molecule has 1 rings (SSSR count). The van der Waals surface area contributed by atoms with Crippen molar-refractivity contribution in [1.82, 2.24) is 4.98 Å². The second-order valence-corrected chi connectivity index (χ2v) is 5.54. The summed E-state index contributed by atoms with van der Waals surface area (Å²) in [7, 11) is 0. The predicted molar refractivity (Wildman–Crippen MR) is 86.8 cm³/mol. The predicted octanol–water partition coefficient (Wildman–Crippen LogP) is 3.71. The highest BCUT2D eigenvalue weighted by atomic mass is 32.1. The minimum Gasteiger partial charge on any atom is -0.389 e. The summed E-state index contributed by atoms with van der Waals surface area (Å²) in [6, 6.07) is 2.04. The molecule has 1 heterocycles. The van der Waals surface area contributed by atoms with E-state index in [-0.39, 0.29) is 5.54 Å². The molecule has 0 aliphatic heterocycles. The van der Waals surface area contributed by atoms with Crippen molar-refractivity contribution in [2.24, 2.45) is 5.73 Å². The highest BCUT2D eigenvalue weighted by Gasteiger charge is 2.25. The summed E-state index contributed by atoms with van der Waals surface area (Å²) in [5.41, 5.74) is 9.73. The Bertz CT molecular complexity index is 456. The van der Waals surface area contributed by atoms with Crippen LogP contribution in [0.2, 0.25) is 0 Å². The molecule has 0 saturated heterocycles. The monoisotopic (exact) mass is 279 g/mol. The fourth-order valence-electron chi connectivity index (χ4n) is 2.54. The van der Waals surface area contributed by atoms with Crippen LogP contribution in [0.15, 0.2) is 6.07 Å². The van der Waals surface area contributed by atoms with Gasteiger partial charge in [0.15, 0.2) is 0 Å². The van der Waals surface area contributed by atoms with E-state index < -0.39 is 0 Å². The van der Waals surface area contributed by atoms with Crippen LogP contribution in [0.25, 0.3) is 0 Å². The zero-order valence-electron chi connectivity index (χ0n) is 12.6. The molecule has 0 atom stereocenters. The lowest BCUT2D eigenvalue weighted by molar-refractivity contribution is 0.420. The summed E-state index contributed by atoms with van der Waals surface area (Å²) in [5, 5.41) is 3.67. The number of aryl methyl sites for hydroxylation is 2. The van der Waals surface area contributed by atoms with Crippen LogP contribution in [-0.2, 0) is 0 Å².